The zero-order valence-electron chi connectivity index (χ0n) is 10.4. The summed E-state index contributed by atoms with van der Waals surface area (Å²) in [5.74, 6) is 0.000278. The van der Waals surface area contributed by atoms with Gasteiger partial charge in [0.1, 0.15) is 5.82 Å². The molecule has 0 spiro atoms. The smallest absolute Gasteiger partial charge is 0.356 e. The van der Waals surface area contributed by atoms with Crippen LogP contribution in [0.4, 0.5) is 19.0 Å². The zero-order valence-corrected chi connectivity index (χ0v) is 10.4. The quantitative estimate of drug-likeness (QED) is 0.856. The summed E-state index contributed by atoms with van der Waals surface area (Å²) in [6, 6.07) is 2.37. The van der Waals surface area contributed by atoms with Crippen LogP contribution in [0.1, 0.15) is 25.3 Å². The lowest BCUT2D eigenvalue weighted by Crippen LogP contribution is -2.30. The average molecular weight is 261 g/mol. The first-order chi connectivity index (χ1) is 8.50. The van der Waals surface area contributed by atoms with Crippen molar-refractivity contribution in [1.29, 1.82) is 0 Å². The predicted molar refractivity (Wildman–Crippen MR) is 65.4 cm³/mol. The molecule has 0 radical (unpaired) electrons. The maximum absolute atomic E-state index is 12.9. The van der Waals surface area contributed by atoms with E-state index in [1.807, 2.05) is 6.92 Å². The molecule has 0 atom stereocenters. The van der Waals surface area contributed by atoms with Crippen LogP contribution in [-0.2, 0) is 6.18 Å². The van der Waals surface area contributed by atoms with Crippen molar-refractivity contribution in [2.75, 3.05) is 24.5 Å². The molecule has 2 N–H and O–H groups in total. The van der Waals surface area contributed by atoms with Gasteiger partial charge < -0.3 is 10.6 Å². The average Bonchev–Trinajstić information content (AvgIpc) is 2.33. The molecule has 0 saturated heterocycles. The number of anilines is 1. The third-order valence-corrected chi connectivity index (χ3v) is 2.52. The molecule has 6 heteroatoms. The van der Waals surface area contributed by atoms with Gasteiger partial charge in [-0.2, -0.15) is 13.2 Å². The van der Waals surface area contributed by atoms with Crippen LogP contribution in [0.25, 0.3) is 0 Å². The largest absolute Gasteiger partial charge is 0.419 e. The van der Waals surface area contributed by atoms with Crippen molar-refractivity contribution in [2.24, 2.45) is 5.73 Å². The maximum Gasteiger partial charge on any atom is 0.419 e. The van der Waals surface area contributed by atoms with Crippen molar-refractivity contribution in [1.82, 2.24) is 4.98 Å². The Morgan fingerprint density at radius 2 is 2.06 bits per heavy atom. The molecule has 0 aromatic carbocycles. The Morgan fingerprint density at radius 1 is 1.33 bits per heavy atom. The first kappa shape index (κ1) is 14.8. The minimum Gasteiger partial charge on any atom is -0.356 e. The lowest BCUT2D eigenvalue weighted by Gasteiger charge is -2.25. The van der Waals surface area contributed by atoms with Crippen LogP contribution in [0, 0.1) is 0 Å². The highest BCUT2D eigenvalue weighted by Crippen LogP contribution is 2.35. The van der Waals surface area contributed by atoms with Crippen LogP contribution >= 0.6 is 0 Å². The Balaban J connectivity index is 3.03. The number of rotatable bonds is 6. The van der Waals surface area contributed by atoms with Crippen LogP contribution in [0.3, 0.4) is 0 Å². The van der Waals surface area contributed by atoms with Gasteiger partial charge in [0.25, 0.3) is 0 Å². The monoisotopic (exact) mass is 261 g/mol. The Bertz CT molecular complexity index is 366. The number of halogens is 3. The number of hydrogen-bond donors (Lipinski definition) is 1. The van der Waals surface area contributed by atoms with E-state index in [9.17, 15) is 13.2 Å². The van der Waals surface area contributed by atoms with E-state index < -0.39 is 11.7 Å². The zero-order chi connectivity index (χ0) is 13.6. The highest BCUT2D eigenvalue weighted by molar-refractivity contribution is 5.48. The van der Waals surface area contributed by atoms with E-state index in [0.29, 0.717) is 26.1 Å². The third-order valence-electron chi connectivity index (χ3n) is 2.52. The minimum absolute atomic E-state index is 0.000278. The molecule has 0 bridgehead atoms. The van der Waals surface area contributed by atoms with Crippen LogP contribution in [0.15, 0.2) is 18.3 Å². The Kier molecular flexibility index (Phi) is 5.40. The standard InChI is InChI=1S/C12H18F3N3/c1-2-8-18(9-4-6-16)11-10(12(13,14)15)5-3-7-17-11/h3,5,7H,2,4,6,8-9,16H2,1H3. The van der Waals surface area contributed by atoms with Crippen LogP contribution < -0.4 is 10.6 Å². The Morgan fingerprint density at radius 3 is 2.61 bits per heavy atom. The molecule has 18 heavy (non-hydrogen) atoms. The second kappa shape index (κ2) is 6.58. The fourth-order valence-electron chi connectivity index (χ4n) is 1.75. The van der Waals surface area contributed by atoms with E-state index in [2.05, 4.69) is 4.98 Å². The van der Waals surface area contributed by atoms with Crippen molar-refractivity contribution in [2.45, 2.75) is 25.9 Å². The number of nitrogens with zero attached hydrogens (tertiary/aromatic N) is 2. The summed E-state index contributed by atoms with van der Waals surface area (Å²) in [4.78, 5) is 5.53. The second-order valence-corrected chi connectivity index (χ2v) is 4.00. The van der Waals surface area contributed by atoms with Crippen LogP contribution in [0.2, 0.25) is 0 Å². The molecule has 0 aliphatic rings. The predicted octanol–water partition coefficient (Wildman–Crippen LogP) is 2.67. The molecule has 0 unspecified atom stereocenters. The van der Waals surface area contributed by atoms with Crippen molar-refractivity contribution in [3.63, 3.8) is 0 Å². The van der Waals surface area contributed by atoms with Gasteiger partial charge in [-0.05, 0) is 31.5 Å². The number of hydrogen-bond acceptors (Lipinski definition) is 3. The van der Waals surface area contributed by atoms with Gasteiger partial charge in [0.15, 0.2) is 0 Å². The molecular formula is C12H18F3N3. The van der Waals surface area contributed by atoms with E-state index in [4.69, 9.17) is 5.73 Å². The van der Waals surface area contributed by atoms with Gasteiger partial charge in [0, 0.05) is 19.3 Å². The molecule has 3 nitrogen and oxygen atoms in total. The lowest BCUT2D eigenvalue weighted by atomic mass is 10.2. The van der Waals surface area contributed by atoms with Gasteiger partial charge in [-0.3, -0.25) is 0 Å². The van der Waals surface area contributed by atoms with Gasteiger partial charge in [-0.15, -0.1) is 0 Å². The van der Waals surface area contributed by atoms with E-state index in [1.54, 1.807) is 4.90 Å². The summed E-state index contributed by atoms with van der Waals surface area (Å²) in [5.41, 5.74) is 4.72. The first-order valence-electron chi connectivity index (χ1n) is 5.98. The van der Waals surface area contributed by atoms with E-state index in [0.717, 1.165) is 12.5 Å². The van der Waals surface area contributed by atoms with Crippen molar-refractivity contribution in [3.05, 3.63) is 23.9 Å². The fourth-order valence-corrected chi connectivity index (χ4v) is 1.75. The summed E-state index contributed by atoms with van der Waals surface area (Å²) in [6.07, 6.45) is -1.58. The first-order valence-corrected chi connectivity index (χ1v) is 5.98. The van der Waals surface area contributed by atoms with Crippen LogP contribution in [-0.4, -0.2) is 24.6 Å². The molecule has 0 aliphatic carbocycles. The highest BCUT2D eigenvalue weighted by atomic mass is 19.4. The lowest BCUT2D eigenvalue weighted by molar-refractivity contribution is -0.137. The molecule has 1 heterocycles. The molecule has 102 valence electrons. The minimum atomic E-state index is -4.38. The summed E-state index contributed by atoms with van der Waals surface area (Å²) < 4.78 is 38.6. The summed E-state index contributed by atoms with van der Waals surface area (Å²) in [6.45, 7) is 3.41. The van der Waals surface area contributed by atoms with Crippen LogP contribution in [0.5, 0.6) is 0 Å². The summed E-state index contributed by atoms with van der Waals surface area (Å²) in [7, 11) is 0. The van der Waals surface area contributed by atoms with Gasteiger partial charge in [0.05, 0.1) is 5.56 Å². The number of aromatic nitrogens is 1. The molecular weight excluding hydrogens is 243 g/mol. The Hall–Kier alpha value is -1.30. The van der Waals surface area contributed by atoms with E-state index in [1.165, 1.54) is 12.3 Å². The summed E-state index contributed by atoms with van der Waals surface area (Å²) >= 11 is 0. The molecule has 0 saturated carbocycles. The molecule has 1 aromatic rings. The molecule has 0 aliphatic heterocycles. The number of nitrogens with two attached hydrogens (primary N) is 1. The van der Waals surface area contributed by atoms with Gasteiger partial charge in [-0.1, -0.05) is 6.92 Å². The van der Waals surface area contributed by atoms with E-state index >= 15 is 0 Å². The molecule has 0 fully saturated rings. The Labute approximate surface area is 105 Å². The fraction of sp³-hybridized carbons (Fsp3) is 0.583. The van der Waals surface area contributed by atoms with Gasteiger partial charge in [0.2, 0.25) is 0 Å². The normalized spacial score (nSPS) is 11.6. The highest BCUT2D eigenvalue weighted by Gasteiger charge is 2.35. The summed E-state index contributed by atoms with van der Waals surface area (Å²) in [5, 5.41) is 0. The molecule has 1 rings (SSSR count). The number of alkyl halides is 3. The topological polar surface area (TPSA) is 42.1 Å². The number of pyridine rings is 1. The van der Waals surface area contributed by atoms with Crippen molar-refractivity contribution < 1.29 is 13.2 Å². The molecule has 0 amide bonds. The second-order valence-electron chi connectivity index (χ2n) is 4.00. The van der Waals surface area contributed by atoms with E-state index in [-0.39, 0.29) is 5.82 Å². The maximum atomic E-state index is 12.9. The van der Waals surface area contributed by atoms with Gasteiger partial charge in [-0.25, -0.2) is 4.98 Å². The third kappa shape index (κ3) is 3.87. The SMILES string of the molecule is CCCN(CCCN)c1ncccc1C(F)(F)F. The van der Waals surface area contributed by atoms with Gasteiger partial charge >= 0.3 is 6.18 Å². The molecule has 1 aromatic heterocycles. The van der Waals surface area contributed by atoms with Crippen molar-refractivity contribution in [3.8, 4) is 0 Å². The van der Waals surface area contributed by atoms with Crippen molar-refractivity contribution >= 4 is 5.82 Å².